The molecule has 1 aromatic heterocycles. The van der Waals surface area contributed by atoms with E-state index >= 15 is 0 Å². The lowest BCUT2D eigenvalue weighted by Gasteiger charge is -2.35. The van der Waals surface area contributed by atoms with Crippen LogP contribution in [0.3, 0.4) is 0 Å². The number of amides is 2. The number of anilines is 1. The summed E-state index contributed by atoms with van der Waals surface area (Å²) in [6, 6.07) is 7.13. The summed E-state index contributed by atoms with van der Waals surface area (Å²) in [4.78, 5) is 40.5. The Kier molecular flexibility index (Phi) is 5.59. The Balaban J connectivity index is 1.50. The zero-order chi connectivity index (χ0) is 25.0. The Hall–Kier alpha value is -3.72. The van der Waals surface area contributed by atoms with E-state index in [2.05, 4.69) is 5.32 Å². The van der Waals surface area contributed by atoms with Crippen molar-refractivity contribution in [2.24, 2.45) is 0 Å². The summed E-state index contributed by atoms with van der Waals surface area (Å²) < 4.78 is 29.7. The predicted octanol–water partition coefficient (Wildman–Crippen LogP) is 3.87. The van der Waals surface area contributed by atoms with Crippen LogP contribution in [0, 0.1) is 18.6 Å². The molecular weight excluding hydrogens is 480 g/mol. The van der Waals surface area contributed by atoms with Gasteiger partial charge in [0.2, 0.25) is 5.43 Å². The maximum Gasteiger partial charge on any atom is 0.279 e. The average Bonchev–Trinajstić information content (AvgIpc) is 2.96. The molecule has 2 aliphatic rings. The molecular formula is C25H20ClF2N3O4. The van der Waals surface area contributed by atoms with E-state index in [-0.39, 0.29) is 23.8 Å². The normalized spacial score (nSPS) is 16.4. The van der Waals surface area contributed by atoms with E-state index in [1.54, 1.807) is 18.2 Å². The Bertz CT molecular complexity index is 1450. The number of aryl methyl sites for hydroxylation is 2. The molecule has 5 rings (SSSR count). The van der Waals surface area contributed by atoms with Crippen LogP contribution < -0.4 is 15.6 Å². The molecule has 0 saturated carbocycles. The van der Waals surface area contributed by atoms with Crippen LogP contribution in [0.2, 0.25) is 5.02 Å². The fourth-order valence-corrected chi connectivity index (χ4v) is 4.93. The molecule has 35 heavy (non-hydrogen) atoms. The first-order valence-electron chi connectivity index (χ1n) is 11.0. The summed E-state index contributed by atoms with van der Waals surface area (Å²) in [6.07, 6.45) is 2.38. The van der Waals surface area contributed by atoms with Crippen molar-refractivity contribution in [2.75, 3.05) is 11.4 Å². The highest BCUT2D eigenvalue weighted by Gasteiger charge is 2.38. The lowest BCUT2D eigenvalue weighted by atomic mass is 10.0. The standard InChI is InChI=1S/C25H20ClF2N3O4/c1-12-6-18(27)16(19(28)7-12)9-29-24(34)17-11-30-15-4-2-13-8-14(26)3-5-20(13)31(10-15)25(35)21(30)23(33)22(17)32/h3,5-8,11,15,33H,2,4,9-10H2,1H3,(H,29,34)/t15-/m0/s1. The van der Waals surface area contributed by atoms with Gasteiger partial charge in [0.05, 0.1) is 6.04 Å². The molecule has 2 N–H and O–H groups in total. The number of hydrogen-bond acceptors (Lipinski definition) is 4. The number of benzene rings is 2. The highest BCUT2D eigenvalue weighted by Crippen LogP contribution is 2.38. The van der Waals surface area contributed by atoms with E-state index in [4.69, 9.17) is 11.6 Å². The van der Waals surface area contributed by atoms with E-state index < -0.39 is 46.7 Å². The lowest BCUT2D eigenvalue weighted by molar-refractivity contribution is 0.0929. The Morgan fingerprint density at radius 3 is 2.63 bits per heavy atom. The summed E-state index contributed by atoms with van der Waals surface area (Å²) in [5.41, 5.74) is -0.112. The smallest absolute Gasteiger partial charge is 0.279 e. The van der Waals surface area contributed by atoms with Crippen LogP contribution in [-0.2, 0) is 13.0 Å². The number of nitrogens with one attached hydrogen (secondary N) is 1. The molecule has 0 radical (unpaired) electrons. The Morgan fingerprint density at radius 1 is 1.20 bits per heavy atom. The fourth-order valence-electron chi connectivity index (χ4n) is 4.73. The van der Waals surface area contributed by atoms with Crippen molar-refractivity contribution < 1.29 is 23.5 Å². The molecule has 0 aliphatic carbocycles. The lowest BCUT2D eigenvalue weighted by Crippen LogP contribution is -2.44. The van der Waals surface area contributed by atoms with E-state index in [9.17, 15) is 28.3 Å². The van der Waals surface area contributed by atoms with Crippen molar-refractivity contribution in [1.29, 1.82) is 0 Å². The third-order valence-corrected chi connectivity index (χ3v) is 6.71. The number of fused-ring (bicyclic) bond motifs is 6. The van der Waals surface area contributed by atoms with Gasteiger partial charge in [-0.2, -0.15) is 0 Å². The molecule has 10 heteroatoms. The van der Waals surface area contributed by atoms with Gasteiger partial charge in [0, 0.05) is 35.6 Å². The summed E-state index contributed by atoms with van der Waals surface area (Å²) >= 11 is 6.12. The molecule has 0 spiro atoms. The Labute approximate surface area is 203 Å². The minimum Gasteiger partial charge on any atom is -0.503 e. The second-order valence-electron chi connectivity index (χ2n) is 8.75. The van der Waals surface area contributed by atoms with Gasteiger partial charge in [-0.1, -0.05) is 11.6 Å². The molecule has 3 heterocycles. The number of aromatic nitrogens is 1. The van der Waals surface area contributed by atoms with Gasteiger partial charge in [0.1, 0.15) is 17.2 Å². The maximum absolute atomic E-state index is 14.1. The number of hydrogen-bond donors (Lipinski definition) is 2. The molecule has 2 bridgehead atoms. The molecule has 2 aromatic carbocycles. The van der Waals surface area contributed by atoms with Gasteiger partial charge < -0.3 is 19.9 Å². The number of carbonyl (C=O) groups is 2. The summed E-state index contributed by atoms with van der Waals surface area (Å²) in [6.45, 7) is 1.32. The molecule has 2 aliphatic heterocycles. The largest absolute Gasteiger partial charge is 0.503 e. The molecule has 180 valence electrons. The summed E-state index contributed by atoms with van der Waals surface area (Å²) in [5.74, 6) is -3.98. The maximum atomic E-state index is 14.1. The van der Waals surface area contributed by atoms with Gasteiger partial charge in [-0.05, 0) is 61.2 Å². The zero-order valence-electron chi connectivity index (χ0n) is 18.6. The number of carbonyl (C=O) groups excluding carboxylic acids is 2. The number of halogens is 3. The van der Waals surface area contributed by atoms with Crippen molar-refractivity contribution in [3.63, 3.8) is 0 Å². The number of pyridine rings is 1. The van der Waals surface area contributed by atoms with Crippen LogP contribution >= 0.6 is 11.6 Å². The van der Waals surface area contributed by atoms with Gasteiger partial charge >= 0.3 is 0 Å². The van der Waals surface area contributed by atoms with Gasteiger partial charge in [0.25, 0.3) is 11.8 Å². The Morgan fingerprint density at radius 2 is 1.91 bits per heavy atom. The quantitative estimate of drug-likeness (QED) is 0.572. The summed E-state index contributed by atoms with van der Waals surface area (Å²) in [7, 11) is 0. The van der Waals surface area contributed by atoms with Gasteiger partial charge in [-0.3, -0.25) is 14.4 Å². The predicted molar refractivity (Wildman–Crippen MR) is 125 cm³/mol. The monoisotopic (exact) mass is 499 g/mol. The first-order valence-corrected chi connectivity index (χ1v) is 11.3. The highest BCUT2D eigenvalue weighted by molar-refractivity contribution is 6.30. The zero-order valence-corrected chi connectivity index (χ0v) is 19.3. The summed E-state index contributed by atoms with van der Waals surface area (Å²) in [5, 5.41) is 13.6. The minimum absolute atomic E-state index is 0.207. The van der Waals surface area contributed by atoms with E-state index in [0.29, 0.717) is 29.1 Å². The SMILES string of the molecule is Cc1cc(F)c(CNC(=O)c2cn3c(c(O)c2=O)C(=O)N2C[C@@H]3CCc3cc(Cl)ccc32)c(F)c1. The van der Waals surface area contributed by atoms with E-state index in [1.807, 2.05) is 0 Å². The second-order valence-corrected chi connectivity index (χ2v) is 9.18. The molecule has 2 amide bonds. The molecule has 0 unspecified atom stereocenters. The molecule has 7 nitrogen and oxygen atoms in total. The average molecular weight is 500 g/mol. The van der Waals surface area contributed by atoms with Crippen molar-refractivity contribution in [3.8, 4) is 5.75 Å². The van der Waals surface area contributed by atoms with Crippen LogP contribution in [0.15, 0.2) is 41.3 Å². The fraction of sp³-hybridized carbons (Fsp3) is 0.240. The number of aromatic hydroxyl groups is 1. The van der Waals surface area contributed by atoms with Crippen molar-refractivity contribution in [1.82, 2.24) is 9.88 Å². The molecule has 1 atom stereocenters. The molecule has 0 saturated heterocycles. The van der Waals surface area contributed by atoms with E-state index in [1.165, 1.54) is 22.6 Å². The molecule has 3 aromatic rings. The van der Waals surface area contributed by atoms with Gasteiger partial charge in [-0.25, -0.2) is 8.78 Å². The van der Waals surface area contributed by atoms with Crippen LogP contribution in [0.4, 0.5) is 14.5 Å². The van der Waals surface area contributed by atoms with Crippen LogP contribution in [0.1, 0.15) is 50.0 Å². The highest BCUT2D eigenvalue weighted by atomic mass is 35.5. The third-order valence-electron chi connectivity index (χ3n) is 6.48. The van der Waals surface area contributed by atoms with Gasteiger partial charge in [0.15, 0.2) is 11.4 Å². The number of rotatable bonds is 3. The van der Waals surface area contributed by atoms with Crippen LogP contribution in [-0.4, -0.2) is 28.0 Å². The van der Waals surface area contributed by atoms with E-state index in [0.717, 1.165) is 17.7 Å². The second kappa shape index (κ2) is 8.49. The van der Waals surface area contributed by atoms with Crippen LogP contribution in [0.5, 0.6) is 5.75 Å². The topological polar surface area (TPSA) is 91.6 Å². The van der Waals surface area contributed by atoms with Crippen LogP contribution in [0.25, 0.3) is 0 Å². The minimum atomic E-state index is -1.04. The first-order chi connectivity index (χ1) is 16.7. The molecule has 0 fully saturated rings. The number of nitrogens with zero attached hydrogens (tertiary/aromatic N) is 2. The van der Waals surface area contributed by atoms with Crippen molar-refractivity contribution >= 4 is 29.1 Å². The van der Waals surface area contributed by atoms with Crippen molar-refractivity contribution in [3.05, 3.63) is 91.4 Å². The first kappa shape index (κ1) is 23.0. The van der Waals surface area contributed by atoms with Crippen molar-refractivity contribution in [2.45, 2.75) is 32.4 Å². The third kappa shape index (κ3) is 3.85. The van der Waals surface area contributed by atoms with Gasteiger partial charge in [-0.15, -0.1) is 0 Å².